The number of nitrogens with two attached hydrogens (primary N) is 1. The fourth-order valence-electron chi connectivity index (χ4n) is 3.46. The number of rotatable bonds is 2. The summed E-state index contributed by atoms with van der Waals surface area (Å²) in [5.41, 5.74) is 6.81. The van der Waals surface area contributed by atoms with E-state index in [-0.39, 0.29) is 23.6 Å². The molecule has 1 saturated heterocycles. The Hall–Kier alpha value is -1.13. The van der Waals surface area contributed by atoms with E-state index in [2.05, 4.69) is 6.92 Å². The van der Waals surface area contributed by atoms with Gasteiger partial charge in [0.25, 0.3) is 0 Å². The standard InChI is InChI=1S/C16H22FNO2/c1-2-3-12-9-16(6-7-19-12)10-14(18)13-8-11(17)4-5-15(13)20-16/h4-5,8,12,14H,2-3,6-7,9-10,18H2,1H3/t12?,14-,16?/m1/s1. The van der Waals surface area contributed by atoms with Crippen LogP contribution in [0.4, 0.5) is 4.39 Å². The molecular weight excluding hydrogens is 257 g/mol. The zero-order chi connectivity index (χ0) is 14.2. The summed E-state index contributed by atoms with van der Waals surface area (Å²) in [7, 11) is 0. The van der Waals surface area contributed by atoms with Crippen LogP contribution >= 0.6 is 0 Å². The largest absolute Gasteiger partial charge is 0.487 e. The lowest BCUT2D eigenvalue weighted by Crippen LogP contribution is -2.49. The zero-order valence-electron chi connectivity index (χ0n) is 11.9. The Labute approximate surface area is 119 Å². The predicted molar refractivity (Wildman–Crippen MR) is 75.2 cm³/mol. The highest BCUT2D eigenvalue weighted by Crippen LogP contribution is 2.44. The van der Waals surface area contributed by atoms with Crippen molar-refractivity contribution in [3.8, 4) is 5.75 Å². The number of fused-ring (bicyclic) bond motifs is 1. The average Bonchev–Trinajstić information content (AvgIpc) is 2.40. The van der Waals surface area contributed by atoms with Gasteiger partial charge in [-0.1, -0.05) is 13.3 Å². The highest BCUT2D eigenvalue weighted by molar-refractivity contribution is 5.39. The molecule has 2 aliphatic rings. The summed E-state index contributed by atoms with van der Waals surface area (Å²) in [5.74, 6) is 0.483. The third-order valence-electron chi connectivity index (χ3n) is 4.41. The molecule has 1 aromatic rings. The molecule has 3 nitrogen and oxygen atoms in total. The minimum absolute atomic E-state index is 0.158. The molecule has 4 heteroatoms. The number of ether oxygens (including phenoxy) is 2. The first-order chi connectivity index (χ1) is 9.62. The third-order valence-corrected chi connectivity index (χ3v) is 4.41. The summed E-state index contributed by atoms with van der Waals surface area (Å²) >= 11 is 0. The smallest absolute Gasteiger partial charge is 0.125 e. The van der Waals surface area contributed by atoms with Gasteiger partial charge in [-0.25, -0.2) is 4.39 Å². The molecule has 1 fully saturated rings. The molecule has 2 heterocycles. The van der Waals surface area contributed by atoms with Crippen LogP contribution in [0.3, 0.4) is 0 Å². The van der Waals surface area contributed by atoms with Crippen molar-refractivity contribution < 1.29 is 13.9 Å². The van der Waals surface area contributed by atoms with E-state index in [1.54, 1.807) is 6.07 Å². The molecule has 0 amide bonds. The monoisotopic (exact) mass is 279 g/mol. The molecule has 0 aliphatic carbocycles. The molecule has 3 atom stereocenters. The van der Waals surface area contributed by atoms with Crippen molar-refractivity contribution in [1.29, 1.82) is 0 Å². The maximum Gasteiger partial charge on any atom is 0.125 e. The first-order valence-corrected chi connectivity index (χ1v) is 7.47. The van der Waals surface area contributed by atoms with E-state index in [9.17, 15) is 4.39 Å². The minimum atomic E-state index is -0.255. The number of hydrogen-bond acceptors (Lipinski definition) is 3. The summed E-state index contributed by atoms with van der Waals surface area (Å²) in [5, 5.41) is 0. The first kappa shape index (κ1) is 13.8. The Morgan fingerprint density at radius 3 is 3.05 bits per heavy atom. The van der Waals surface area contributed by atoms with E-state index in [0.29, 0.717) is 6.61 Å². The molecule has 0 bridgehead atoms. The lowest BCUT2D eigenvalue weighted by atomic mass is 9.79. The molecule has 1 aromatic carbocycles. The van der Waals surface area contributed by atoms with E-state index in [1.807, 2.05) is 0 Å². The Balaban J connectivity index is 1.84. The molecule has 2 aliphatic heterocycles. The van der Waals surface area contributed by atoms with Crippen molar-refractivity contribution in [2.75, 3.05) is 6.61 Å². The third kappa shape index (κ3) is 2.54. The minimum Gasteiger partial charge on any atom is -0.487 e. The molecule has 2 N–H and O–H groups in total. The molecule has 1 spiro atoms. The second-order valence-electron chi connectivity index (χ2n) is 6.01. The average molecular weight is 279 g/mol. The van der Waals surface area contributed by atoms with Gasteiger partial charge in [0.1, 0.15) is 17.2 Å². The second-order valence-corrected chi connectivity index (χ2v) is 6.01. The van der Waals surface area contributed by atoms with Crippen molar-refractivity contribution in [3.63, 3.8) is 0 Å². The highest BCUT2D eigenvalue weighted by Gasteiger charge is 2.43. The van der Waals surface area contributed by atoms with Gasteiger partial charge in [-0.05, 0) is 24.6 Å². The van der Waals surface area contributed by atoms with Gasteiger partial charge in [0.15, 0.2) is 0 Å². The van der Waals surface area contributed by atoms with Crippen LogP contribution in [0.15, 0.2) is 18.2 Å². The summed E-state index contributed by atoms with van der Waals surface area (Å²) in [6.07, 6.45) is 4.89. The van der Waals surface area contributed by atoms with Crippen LogP contribution < -0.4 is 10.5 Å². The molecule has 0 saturated carbocycles. The van der Waals surface area contributed by atoms with Crippen LogP contribution in [0.5, 0.6) is 5.75 Å². The fraction of sp³-hybridized carbons (Fsp3) is 0.625. The lowest BCUT2D eigenvalue weighted by molar-refractivity contribution is -0.103. The quantitative estimate of drug-likeness (QED) is 0.903. The zero-order valence-corrected chi connectivity index (χ0v) is 11.9. The van der Waals surface area contributed by atoms with Gasteiger partial charge in [-0.2, -0.15) is 0 Å². The molecule has 0 aromatic heterocycles. The van der Waals surface area contributed by atoms with Gasteiger partial charge in [-0.3, -0.25) is 0 Å². The van der Waals surface area contributed by atoms with Crippen molar-refractivity contribution in [2.45, 2.75) is 56.8 Å². The molecule has 20 heavy (non-hydrogen) atoms. The summed E-state index contributed by atoms with van der Waals surface area (Å²) in [4.78, 5) is 0. The summed E-state index contributed by atoms with van der Waals surface area (Å²) in [6, 6.07) is 4.48. The van der Waals surface area contributed by atoms with Crippen molar-refractivity contribution >= 4 is 0 Å². The predicted octanol–water partition coefficient (Wildman–Crippen LogP) is 3.33. The van der Waals surface area contributed by atoms with E-state index in [1.165, 1.54) is 12.1 Å². The van der Waals surface area contributed by atoms with Crippen LogP contribution in [-0.2, 0) is 4.74 Å². The topological polar surface area (TPSA) is 44.5 Å². The molecule has 0 radical (unpaired) electrons. The second kappa shape index (κ2) is 5.34. The van der Waals surface area contributed by atoms with Crippen LogP contribution in [0.2, 0.25) is 0 Å². The van der Waals surface area contributed by atoms with E-state index in [0.717, 1.165) is 43.4 Å². The van der Waals surface area contributed by atoms with Crippen LogP contribution in [0.25, 0.3) is 0 Å². The number of halogens is 1. The fourth-order valence-corrected chi connectivity index (χ4v) is 3.46. The van der Waals surface area contributed by atoms with Gasteiger partial charge >= 0.3 is 0 Å². The van der Waals surface area contributed by atoms with Crippen molar-refractivity contribution in [1.82, 2.24) is 0 Å². The summed E-state index contributed by atoms with van der Waals surface area (Å²) in [6.45, 7) is 2.88. The van der Waals surface area contributed by atoms with Crippen molar-refractivity contribution in [2.24, 2.45) is 5.73 Å². The molecule has 3 rings (SSSR count). The van der Waals surface area contributed by atoms with Gasteiger partial charge in [0.05, 0.1) is 12.7 Å². The Morgan fingerprint density at radius 2 is 2.25 bits per heavy atom. The van der Waals surface area contributed by atoms with E-state index in [4.69, 9.17) is 15.2 Å². The van der Waals surface area contributed by atoms with Crippen molar-refractivity contribution in [3.05, 3.63) is 29.6 Å². The number of hydrogen-bond donors (Lipinski definition) is 1. The lowest BCUT2D eigenvalue weighted by Gasteiger charge is -2.45. The normalized spacial score (nSPS) is 32.8. The van der Waals surface area contributed by atoms with E-state index < -0.39 is 0 Å². The maximum absolute atomic E-state index is 13.3. The SMILES string of the molecule is CCCC1CC2(CCO1)C[C@@H](N)c1cc(F)ccc1O2. The van der Waals surface area contributed by atoms with E-state index >= 15 is 0 Å². The number of benzene rings is 1. The Bertz CT molecular complexity index is 491. The van der Waals surface area contributed by atoms with Gasteiger partial charge in [0.2, 0.25) is 0 Å². The van der Waals surface area contributed by atoms with Gasteiger partial charge < -0.3 is 15.2 Å². The van der Waals surface area contributed by atoms with Gasteiger partial charge in [0, 0.05) is 30.9 Å². The Morgan fingerprint density at radius 1 is 1.40 bits per heavy atom. The van der Waals surface area contributed by atoms with Gasteiger partial charge in [-0.15, -0.1) is 0 Å². The van der Waals surface area contributed by atoms with Crippen LogP contribution in [-0.4, -0.2) is 18.3 Å². The van der Waals surface area contributed by atoms with Crippen LogP contribution in [0, 0.1) is 5.82 Å². The van der Waals surface area contributed by atoms with Crippen LogP contribution in [0.1, 0.15) is 50.6 Å². The molecular formula is C16H22FNO2. The highest BCUT2D eigenvalue weighted by atomic mass is 19.1. The Kier molecular flexibility index (Phi) is 3.69. The summed E-state index contributed by atoms with van der Waals surface area (Å²) < 4.78 is 25.4. The molecule has 2 unspecified atom stereocenters. The molecule has 110 valence electrons. The maximum atomic E-state index is 13.3. The first-order valence-electron chi connectivity index (χ1n) is 7.47.